The number of hydrogen-bond donors (Lipinski definition) is 0. The number of sulfone groups is 1. The fourth-order valence-corrected chi connectivity index (χ4v) is 3.69. The molecule has 2 unspecified atom stereocenters. The summed E-state index contributed by atoms with van der Waals surface area (Å²) in [4.78, 5) is 13.6. The van der Waals surface area contributed by atoms with E-state index in [1.165, 1.54) is 4.90 Å². The van der Waals surface area contributed by atoms with Gasteiger partial charge in [0.15, 0.2) is 9.84 Å². The molecule has 1 rings (SSSR count). The minimum Gasteiger partial charge on any atom is -0.340 e. The van der Waals surface area contributed by atoms with Gasteiger partial charge in [0.2, 0.25) is 5.91 Å². The van der Waals surface area contributed by atoms with E-state index in [0.29, 0.717) is 12.8 Å². The number of nitrogens with zero attached hydrogens (tertiary/aromatic N) is 2. The molecule has 0 saturated carbocycles. The minimum absolute atomic E-state index is 0.0143. The molecule has 2 atom stereocenters. The van der Waals surface area contributed by atoms with Crippen LogP contribution in [-0.2, 0) is 14.6 Å². The quantitative estimate of drug-likeness (QED) is 0.741. The van der Waals surface area contributed by atoms with Gasteiger partial charge in [-0.1, -0.05) is 6.92 Å². The van der Waals surface area contributed by atoms with E-state index in [1.807, 2.05) is 6.07 Å². The highest BCUT2D eigenvalue weighted by Crippen LogP contribution is 2.26. The fraction of sp³-hybridized carbons (Fsp3) is 0.818. The Bertz CT molecular complexity index is 452. The third-order valence-corrected chi connectivity index (χ3v) is 5.25. The van der Waals surface area contributed by atoms with Gasteiger partial charge in [0.05, 0.1) is 17.6 Å². The lowest BCUT2D eigenvalue weighted by Gasteiger charge is -2.30. The first kappa shape index (κ1) is 14.0. The van der Waals surface area contributed by atoms with Gasteiger partial charge in [-0.2, -0.15) is 5.26 Å². The zero-order valence-electron chi connectivity index (χ0n) is 10.4. The highest BCUT2D eigenvalue weighted by Gasteiger charge is 2.39. The van der Waals surface area contributed by atoms with Gasteiger partial charge in [-0.05, 0) is 19.8 Å². The van der Waals surface area contributed by atoms with Crippen LogP contribution in [0.3, 0.4) is 0 Å². The molecule has 0 radical (unpaired) electrons. The summed E-state index contributed by atoms with van der Waals surface area (Å²) in [6, 6.07) is 1.73. The van der Waals surface area contributed by atoms with Crippen LogP contribution in [0.5, 0.6) is 0 Å². The van der Waals surface area contributed by atoms with E-state index in [1.54, 1.807) is 20.9 Å². The predicted octanol–water partition coefficient (Wildman–Crippen LogP) is 0.572. The summed E-state index contributed by atoms with van der Waals surface area (Å²) in [5.74, 6) is -0.143. The molecule has 0 aromatic carbocycles. The predicted molar refractivity (Wildman–Crippen MR) is 63.8 cm³/mol. The number of amides is 1. The number of hydrogen-bond acceptors (Lipinski definition) is 4. The zero-order valence-corrected chi connectivity index (χ0v) is 11.2. The van der Waals surface area contributed by atoms with Crippen LogP contribution in [0, 0.1) is 16.7 Å². The molecule has 6 heteroatoms. The summed E-state index contributed by atoms with van der Waals surface area (Å²) in [6.07, 6.45) is 0.891. The van der Waals surface area contributed by atoms with Gasteiger partial charge in [-0.3, -0.25) is 4.79 Å². The van der Waals surface area contributed by atoms with Gasteiger partial charge < -0.3 is 4.90 Å². The van der Waals surface area contributed by atoms with E-state index in [4.69, 9.17) is 5.26 Å². The van der Waals surface area contributed by atoms with E-state index >= 15 is 0 Å². The highest BCUT2D eigenvalue weighted by molar-refractivity contribution is 7.91. The van der Waals surface area contributed by atoms with E-state index in [9.17, 15) is 13.2 Å². The molecule has 0 aromatic rings. The second-order valence-electron chi connectivity index (χ2n) is 4.77. The van der Waals surface area contributed by atoms with E-state index in [0.717, 1.165) is 0 Å². The van der Waals surface area contributed by atoms with Gasteiger partial charge >= 0.3 is 0 Å². The first-order valence-electron chi connectivity index (χ1n) is 5.64. The number of nitriles is 1. The summed E-state index contributed by atoms with van der Waals surface area (Å²) < 4.78 is 22.7. The molecule has 5 nitrogen and oxygen atoms in total. The molecule has 0 aromatic heterocycles. The van der Waals surface area contributed by atoms with E-state index in [2.05, 4.69) is 0 Å². The van der Waals surface area contributed by atoms with E-state index < -0.39 is 15.3 Å². The third-order valence-electron chi connectivity index (χ3n) is 3.50. The van der Waals surface area contributed by atoms with Gasteiger partial charge in [0.25, 0.3) is 0 Å². The lowest BCUT2D eigenvalue weighted by atomic mass is 9.87. The molecule has 0 spiro atoms. The highest BCUT2D eigenvalue weighted by atomic mass is 32.2. The molecule has 0 bridgehead atoms. The Morgan fingerprint density at radius 1 is 1.59 bits per heavy atom. The van der Waals surface area contributed by atoms with Crippen LogP contribution in [-0.4, -0.2) is 43.8 Å². The largest absolute Gasteiger partial charge is 0.340 e. The standard InChI is InChI=1S/C11H18N2O3S/c1-4-11(2,8-12)10(14)13(3)9-5-6-17(15,16)7-9/h9H,4-7H2,1-3H3. The van der Waals surface area contributed by atoms with Crippen molar-refractivity contribution in [1.29, 1.82) is 5.26 Å². The minimum atomic E-state index is -3.01. The Kier molecular flexibility index (Phi) is 3.82. The van der Waals surface area contributed by atoms with Crippen LogP contribution in [0.4, 0.5) is 0 Å². The number of rotatable bonds is 3. The molecule has 0 N–H and O–H groups in total. The first-order valence-corrected chi connectivity index (χ1v) is 7.47. The lowest BCUT2D eigenvalue weighted by molar-refractivity contribution is -0.138. The lowest BCUT2D eigenvalue weighted by Crippen LogP contribution is -2.45. The summed E-state index contributed by atoms with van der Waals surface area (Å²) in [5, 5.41) is 9.03. The van der Waals surface area contributed by atoms with Crippen LogP contribution < -0.4 is 0 Å². The normalized spacial score (nSPS) is 25.9. The molecule has 17 heavy (non-hydrogen) atoms. The molecule has 96 valence electrons. The van der Waals surface area contributed by atoms with Crippen molar-refractivity contribution >= 4 is 15.7 Å². The Hall–Kier alpha value is -1.09. The second kappa shape index (κ2) is 4.65. The zero-order chi connectivity index (χ0) is 13.3. The molecule has 1 heterocycles. The van der Waals surface area contributed by atoms with Gasteiger partial charge in [-0.25, -0.2) is 8.42 Å². The Balaban J connectivity index is 2.82. The van der Waals surface area contributed by atoms with E-state index in [-0.39, 0.29) is 23.5 Å². The number of carbonyl (C=O) groups is 1. The summed E-state index contributed by atoms with van der Waals surface area (Å²) in [6.45, 7) is 3.37. The maximum absolute atomic E-state index is 12.1. The van der Waals surface area contributed by atoms with Crippen molar-refractivity contribution in [2.24, 2.45) is 5.41 Å². The third kappa shape index (κ3) is 2.78. The smallest absolute Gasteiger partial charge is 0.242 e. The average Bonchev–Trinajstić information content (AvgIpc) is 2.66. The molecule has 1 fully saturated rings. The summed E-state index contributed by atoms with van der Waals surface area (Å²) in [7, 11) is -1.43. The summed E-state index contributed by atoms with van der Waals surface area (Å²) in [5.41, 5.74) is -1.05. The van der Waals surface area contributed by atoms with Crippen molar-refractivity contribution in [3.63, 3.8) is 0 Å². The molecule has 1 aliphatic heterocycles. The van der Waals surface area contributed by atoms with Crippen molar-refractivity contribution in [2.45, 2.75) is 32.7 Å². The molecule has 1 saturated heterocycles. The molecule has 0 aliphatic carbocycles. The average molecular weight is 258 g/mol. The van der Waals surface area contributed by atoms with Crippen LogP contribution in [0.25, 0.3) is 0 Å². The molecular formula is C11H18N2O3S. The van der Waals surface area contributed by atoms with Crippen molar-refractivity contribution in [3.8, 4) is 6.07 Å². The molecular weight excluding hydrogens is 240 g/mol. The van der Waals surface area contributed by atoms with Crippen molar-refractivity contribution in [1.82, 2.24) is 4.90 Å². The van der Waals surface area contributed by atoms with Gasteiger partial charge in [-0.15, -0.1) is 0 Å². The maximum atomic E-state index is 12.1. The number of carbonyl (C=O) groups excluding carboxylic acids is 1. The second-order valence-corrected chi connectivity index (χ2v) is 7.00. The Labute approximate surface area is 102 Å². The topological polar surface area (TPSA) is 78.2 Å². The molecule has 1 amide bonds. The Morgan fingerprint density at radius 3 is 2.53 bits per heavy atom. The van der Waals surface area contributed by atoms with Crippen LogP contribution in [0.1, 0.15) is 26.7 Å². The van der Waals surface area contributed by atoms with Crippen LogP contribution >= 0.6 is 0 Å². The van der Waals surface area contributed by atoms with Crippen LogP contribution in [0.15, 0.2) is 0 Å². The molecule has 1 aliphatic rings. The monoisotopic (exact) mass is 258 g/mol. The SMILES string of the molecule is CCC(C)(C#N)C(=O)N(C)C1CCS(=O)(=O)C1. The first-order chi connectivity index (χ1) is 7.75. The maximum Gasteiger partial charge on any atom is 0.242 e. The fourth-order valence-electron chi connectivity index (χ4n) is 1.91. The summed E-state index contributed by atoms with van der Waals surface area (Å²) >= 11 is 0. The van der Waals surface area contributed by atoms with Crippen LogP contribution in [0.2, 0.25) is 0 Å². The van der Waals surface area contributed by atoms with Gasteiger partial charge in [0, 0.05) is 13.1 Å². The van der Waals surface area contributed by atoms with Gasteiger partial charge in [0.1, 0.15) is 5.41 Å². The van der Waals surface area contributed by atoms with Crippen molar-refractivity contribution < 1.29 is 13.2 Å². The van der Waals surface area contributed by atoms with Crippen molar-refractivity contribution in [3.05, 3.63) is 0 Å². The van der Waals surface area contributed by atoms with Crippen molar-refractivity contribution in [2.75, 3.05) is 18.6 Å². The Morgan fingerprint density at radius 2 is 2.18 bits per heavy atom.